The van der Waals surface area contributed by atoms with E-state index in [4.69, 9.17) is 5.26 Å². The van der Waals surface area contributed by atoms with E-state index in [1.165, 1.54) is 12.1 Å². The van der Waals surface area contributed by atoms with E-state index in [1.807, 2.05) is 0 Å². The predicted octanol–water partition coefficient (Wildman–Crippen LogP) is 2.77. The van der Waals surface area contributed by atoms with Crippen molar-refractivity contribution >= 4 is 27.3 Å². The molecule has 0 aliphatic heterocycles. The molecule has 24 heavy (non-hydrogen) atoms. The summed E-state index contributed by atoms with van der Waals surface area (Å²) in [4.78, 5) is 12.2. The lowest BCUT2D eigenvalue weighted by Crippen LogP contribution is -2.15. The molecule has 0 unspecified atom stereocenters. The molecule has 6 nitrogen and oxygen atoms in total. The number of anilines is 2. The summed E-state index contributed by atoms with van der Waals surface area (Å²) in [5.41, 5.74) is 2.32. The van der Waals surface area contributed by atoms with Crippen molar-refractivity contribution in [3.8, 4) is 6.07 Å². The van der Waals surface area contributed by atoms with Crippen molar-refractivity contribution in [3.63, 3.8) is 0 Å². The first-order valence-corrected chi connectivity index (χ1v) is 8.96. The van der Waals surface area contributed by atoms with Crippen LogP contribution < -0.4 is 10.0 Å². The summed E-state index contributed by atoms with van der Waals surface area (Å²) in [5, 5.41) is 11.4. The van der Waals surface area contributed by atoms with Gasteiger partial charge in [-0.2, -0.15) is 5.26 Å². The van der Waals surface area contributed by atoms with Gasteiger partial charge in [0.1, 0.15) is 0 Å². The second-order valence-corrected chi connectivity index (χ2v) is 7.08. The van der Waals surface area contributed by atoms with Crippen LogP contribution in [0.5, 0.6) is 0 Å². The smallest absolute Gasteiger partial charge is 0.255 e. The average molecular weight is 343 g/mol. The fraction of sp³-hybridized carbons (Fsp3) is 0.176. The standard InChI is InChI=1S/C17H17N3O3S/c1-2-24(22,23)20-16-9-5-14(6-10-16)17(21)19-15-7-3-13(4-8-15)11-12-18/h3-10,20H,2,11H2,1H3,(H,19,21). The quantitative estimate of drug-likeness (QED) is 0.842. The van der Waals surface area contributed by atoms with Gasteiger partial charge in [-0.15, -0.1) is 0 Å². The van der Waals surface area contributed by atoms with E-state index in [0.717, 1.165) is 5.56 Å². The van der Waals surface area contributed by atoms with Crippen LogP contribution in [0.25, 0.3) is 0 Å². The van der Waals surface area contributed by atoms with Crippen molar-refractivity contribution < 1.29 is 13.2 Å². The maximum atomic E-state index is 12.2. The molecule has 0 aromatic heterocycles. The van der Waals surface area contributed by atoms with Gasteiger partial charge in [0, 0.05) is 16.9 Å². The van der Waals surface area contributed by atoms with Gasteiger partial charge < -0.3 is 5.32 Å². The minimum Gasteiger partial charge on any atom is -0.322 e. The maximum absolute atomic E-state index is 12.2. The highest BCUT2D eigenvalue weighted by Crippen LogP contribution is 2.15. The average Bonchev–Trinajstić information content (AvgIpc) is 2.57. The van der Waals surface area contributed by atoms with Crippen LogP contribution in [0.4, 0.5) is 11.4 Å². The lowest BCUT2D eigenvalue weighted by molar-refractivity contribution is 0.102. The summed E-state index contributed by atoms with van der Waals surface area (Å²) in [6.45, 7) is 1.55. The molecule has 0 saturated heterocycles. The molecule has 0 spiro atoms. The van der Waals surface area contributed by atoms with E-state index in [-0.39, 0.29) is 11.7 Å². The van der Waals surface area contributed by atoms with Crippen LogP contribution >= 0.6 is 0 Å². The minimum absolute atomic E-state index is 0.0168. The van der Waals surface area contributed by atoms with E-state index in [9.17, 15) is 13.2 Å². The Kier molecular flexibility index (Phi) is 5.55. The second-order valence-electron chi connectivity index (χ2n) is 5.07. The molecule has 0 atom stereocenters. The van der Waals surface area contributed by atoms with Gasteiger partial charge in [-0.1, -0.05) is 12.1 Å². The Bertz CT molecular complexity index is 851. The Morgan fingerprint density at radius 1 is 1.04 bits per heavy atom. The minimum atomic E-state index is -3.34. The Morgan fingerprint density at radius 3 is 2.17 bits per heavy atom. The van der Waals surface area contributed by atoms with E-state index in [0.29, 0.717) is 23.4 Å². The zero-order chi connectivity index (χ0) is 17.6. The molecule has 0 saturated carbocycles. The van der Waals surface area contributed by atoms with Gasteiger partial charge in [0.15, 0.2) is 0 Å². The van der Waals surface area contributed by atoms with Gasteiger partial charge in [0.05, 0.1) is 18.2 Å². The van der Waals surface area contributed by atoms with Crippen LogP contribution in [-0.2, 0) is 16.4 Å². The van der Waals surface area contributed by atoms with Crippen LogP contribution in [0.15, 0.2) is 48.5 Å². The Balaban J connectivity index is 2.03. The molecular weight excluding hydrogens is 326 g/mol. The summed E-state index contributed by atoms with van der Waals surface area (Å²) < 4.78 is 25.4. The topological polar surface area (TPSA) is 99.1 Å². The van der Waals surface area contributed by atoms with Crippen molar-refractivity contribution in [2.45, 2.75) is 13.3 Å². The van der Waals surface area contributed by atoms with Gasteiger partial charge >= 0.3 is 0 Å². The van der Waals surface area contributed by atoms with Crippen LogP contribution in [0.2, 0.25) is 0 Å². The van der Waals surface area contributed by atoms with Crippen molar-refractivity contribution in [1.29, 1.82) is 5.26 Å². The molecule has 0 fully saturated rings. The van der Waals surface area contributed by atoms with E-state index in [2.05, 4.69) is 16.1 Å². The largest absolute Gasteiger partial charge is 0.322 e. The van der Waals surface area contributed by atoms with Crippen LogP contribution in [0.3, 0.4) is 0 Å². The zero-order valence-electron chi connectivity index (χ0n) is 13.1. The monoisotopic (exact) mass is 343 g/mol. The molecule has 0 radical (unpaired) electrons. The van der Waals surface area contributed by atoms with E-state index < -0.39 is 10.0 Å². The highest BCUT2D eigenvalue weighted by Gasteiger charge is 2.09. The maximum Gasteiger partial charge on any atom is 0.255 e. The number of carbonyl (C=O) groups is 1. The number of benzene rings is 2. The molecule has 0 aliphatic rings. The molecule has 1 amide bonds. The number of hydrogen-bond donors (Lipinski definition) is 2. The summed E-state index contributed by atoms with van der Waals surface area (Å²) >= 11 is 0. The van der Waals surface area contributed by atoms with Crippen LogP contribution in [-0.4, -0.2) is 20.1 Å². The predicted molar refractivity (Wildman–Crippen MR) is 93.2 cm³/mol. The molecular formula is C17H17N3O3S. The SMILES string of the molecule is CCS(=O)(=O)Nc1ccc(C(=O)Nc2ccc(CC#N)cc2)cc1. The molecule has 2 aromatic carbocycles. The third-order valence-corrected chi connectivity index (χ3v) is 4.60. The molecule has 7 heteroatoms. The summed E-state index contributed by atoms with van der Waals surface area (Å²) in [6.07, 6.45) is 0.323. The Hall–Kier alpha value is -2.85. The zero-order valence-corrected chi connectivity index (χ0v) is 13.9. The number of nitrogens with zero attached hydrogens (tertiary/aromatic N) is 1. The molecule has 0 aliphatic carbocycles. The van der Waals surface area contributed by atoms with Crippen molar-refractivity contribution in [3.05, 3.63) is 59.7 Å². The van der Waals surface area contributed by atoms with Gasteiger partial charge in [0.2, 0.25) is 10.0 Å². The highest BCUT2D eigenvalue weighted by molar-refractivity contribution is 7.92. The van der Waals surface area contributed by atoms with Gasteiger partial charge in [-0.3, -0.25) is 9.52 Å². The second kappa shape index (κ2) is 7.62. The number of sulfonamides is 1. The van der Waals surface area contributed by atoms with Crippen LogP contribution in [0.1, 0.15) is 22.8 Å². The number of nitrogens with one attached hydrogen (secondary N) is 2. The molecule has 2 rings (SSSR count). The number of carbonyl (C=O) groups excluding carboxylic acids is 1. The molecule has 0 bridgehead atoms. The normalized spacial score (nSPS) is 10.7. The number of rotatable bonds is 6. The lowest BCUT2D eigenvalue weighted by atomic mass is 10.1. The Labute approximate surface area is 141 Å². The van der Waals surface area contributed by atoms with Gasteiger partial charge in [-0.05, 0) is 48.9 Å². The van der Waals surface area contributed by atoms with E-state index in [1.54, 1.807) is 43.3 Å². The van der Waals surface area contributed by atoms with Crippen LogP contribution in [0, 0.1) is 11.3 Å². The first-order chi connectivity index (χ1) is 11.4. The number of amides is 1. The summed E-state index contributed by atoms with van der Waals surface area (Å²) in [7, 11) is -3.34. The fourth-order valence-corrected chi connectivity index (χ4v) is 2.58. The molecule has 2 aromatic rings. The first kappa shape index (κ1) is 17.5. The lowest BCUT2D eigenvalue weighted by Gasteiger charge is -2.08. The fourth-order valence-electron chi connectivity index (χ4n) is 1.94. The number of nitriles is 1. The van der Waals surface area contributed by atoms with Crippen molar-refractivity contribution in [2.75, 3.05) is 15.8 Å². The van der Waals surface area contributed by atoms with Gasteiger partial charge in [-0.25, -0.2) is 8.42 Å². The summed E-state index contributed by atoms with van der Waals surface area (Å²) in [6, 6.07) is 15.3. The van der Waals surface area contributed by atoms with Crippen molar-refractivity contribution in [1.82, 2.24) is 0 Å². The van der Waals surface area contributed by atoms with Gasteiger partial charge in [0.25, 0.3) is 5.91 Å². The number of hydrogen-bond acceptors (Lipinski definition) is 4. The molecule has 2 N–H and O–H groups in total. The third-order valence-electron chi connectivity index (χ3n) is 3.30. The highest BCUT2D eigenvalue weighted by atomic mass is 32.2. The van der Waals surface area contributed by atoms with E-state index >= 15 is 0 Å². The Morgan fingerprint density at radius 2 is 1.62 bits per heavy atom. The van der Waals surface area contributed by atoms with Crippen molar-refractivity contribution in [2.24, 2.45) is 0 Å². The molecule has 0 heterocycles. The summed E-state index contributed by atoms with van der Waals surface area (Å²) in [5.74, 6) is -0.315. The molecule has 124 valence electrons. The first-order valence-electron chi connectivity index (χ1n) is 7.31. The third kappa shape index (κ3) is 4.83.